The molecule has 0 saturated carbocycles. The van der Waals surface area contributed by atoms with Gasteiger partial charge in [0.05, 0.1) is 17.5 Å². The highest BCUT2D eigenvalue weighted by Crippen LogP contribution is 2.33. The summed E-state index contributed by atoms with van der Waals surface area (Å²) in [4.78, 5) is 16.0. The van der Waals surface area contributed by atoms with Gasteiger partial charge in [-0.15, -0.1) is 10.2 Å². The number of nitrogens with zero attached hydrogens (tertiary/aromatic N) is 4. The van der Waals surface area contributed by atoms with E-state index in [0.29, 0.717) is 11.0 Å². The lowest BCUT2D eigenvalue weighted by Crippen LogP contribution is -2.49. The Labute approximate surface area is 197 Å². The summed E-state index contributed by atoms with van der Waals surface area (Å²) in [5.41, 5.74) is 3.06. The first-order valence-corrected chi connectivity index (χ1v) is 11.8. The molecule has 2 aromatic carbocycles. The molecule has 2 N–H and O–H groups in total. The lowest BCUT2D eigenvalue weighted by Gasteiger charge is -2.27. The van der Waals surface area contributed by atoms with E-state index in [1.807, 2.05) is 80.1 Å². The van der Waals surface area contributed by atoms with Crippen LogP contribution in [0.15, 0.2) is 59.9 Å². The third kappa shape index (κ3) is 4.37. The second kappa shape index (κ2) is 9.12. The Hall–Kier alpha value is -3.57. The molecule has 2 aromatic heterocycles. The van der Waals surface area contributed by atoms with Gasteiger partial charge in [0.2, 0.25) is 5.91 Å². The normalized spacial score (nSPS) is 13.1. The number of thioether (sulfide) groups is 1. The van der Waals surface area contributed by atoms with E-state index < -0.39 is 5.54 Å². The highest BCUT2D eigenvalue weighted by atomic mass is 32.2. The second-order valence-corrected chi connectivity index (χ2v) is 9.42. The van der Waals surface area contributed by atoms with Crippen molar-refractivity contribution in [2.75, 3.05) is 5.75 Å². The van der Waals surface area contributed by atoms with Crippen LogP contribution in [0.1, 0.15) is 26.3 Å². The van der Waals surface area contributed by atoms with E-state index in [0.717, 1.165) is 27.7 Å². The molecule has 1 unspecified atom stereocenters. The van der Waals surface area contributed by atoms with Crippen molar-refractivity contribution in [3.8, 4) is 23.1 Å². The van der Waals surface area contributed by atoms with Gasteiger partial charge in [0, 0.05) is 22.7 Å². The second-order valence-electron chi connectivity index (χ2n) is 8.48. The molecule has 0 aliphatic heterocycles. The first-order valence-electron chi connectivity index (χ1n) is 10.8. The van der Waals surface area contributed by atoms with Gasteiger partial charge < -0.3 is 10.3 Å². The average molecular weight is 459 g/mol. The van der Waals surface area contributed by atoms with Crippen LogP contribution in [0.4, 0.5) is 0 Å². The fourth-order valence-electron chi connectivity index (χ4n) is 3.58. The predicted molar refractivity (Wildman–Crippen MR) is 131 cm³/mol. The molecule has 7 nitrogen and oxygen atoms in total. The summed E-state index contributed by atoms with van der Waals surface area (Å²) in [5.74, 6) is 0.599. The maximum atomic E-state index is 12.7. The van der Waals surface area contributed by atoms with Crippen molar-refractivity contribution in [3.63, 3.8) is 0 Å². The molecule has 4 rings (SSSR count). The standard InChI is InChI=1S/C25H26N6OS/c1-16(2)25(4,15-26)28-22(32)14-33-24-30-29-23(31(24)21-12-8-5-9-17(21)3)19-13-27-20-11-7-6-10-18(19)20/h5-13,16,27H,14H2,1-4H3,(H,28,32). The van der Waals surface area contributed by atoms with Crippen molar-refractivity contribution >= 4 is 28.6 Å². The fraction of sp³-hybridized carbons (Fsp3) is 0.280. The summed E-state index contributed by atoms with van der Waals surface area (Å²) >= 11 is 1.30. The number of amides is 1. The van der Waals surface area contributed by atoms with Crippen LogP contribution in [0.25, 0.3) is 28.0 Å². The number of rotatable bonds is 7. The fourth-order valence-corrected chi connectivity index (χ4v) is 4.33. The molecule has 1 amide bonds. The first-order chi connectivity index (χ1) is 15.8. The number of hydrogen-bond acceptors (Lipinski definition) is 5. The molecule has 0 radical (unpaired) electrons. The summed E-state index contributed by atoms with van der Waals surface area (Å²) in [5, 5.41) is 23.0. The number of carbonyl (C=O) groups excluding carboxylic acids is 1. The van der Waals surface area contributed by atoms with E-state index >= 15 is 0 Å². The lowest BCUT2D eigenvalue weighted by atomic mass is 9.90. The van der Waals surface area contributed by atoms with E-state index in [4.69, 9.17) is 0 Å². The van der Waals surface area contributed by atoms with Gasteiger partial charge in [-0.05, 0) is 37.5 Å². The molecular weight excluding hydrogens is 432 g/mol. The van der Waals surface area contributed by atoms with Gasteiger partial charge in [-0.1, -0.05) is 62.0 Å². The molecule has 4 aromatic rings. The van der Waals surface area contributed by atoms with Crippen molar-refractivity contribution in [1.82, 2.24) is 25.1 Å². The van der Waals surface area contributed by atoms with E-state index in [1.54, 1.807) is 6.92 Å². The maximum absolute atomic E-state index is 12.7. The minimum atomic E-state index is -0.920. The predicted octanol–water partition coefficient (Wildman–Crippen LogP) is 4.87. The van der Waals surface area contributed by atoms with Crippen molar-refractivity contribution in [2.24, 2.45) is 5.92 Å². The van der Waals surface area contributed by atoms with Crippen molar-refractivity contribution in [1.29, 1.82) is 5.26 Å². The minimum Gasteiger partial charge on any atom is -0.360 e. The Morgan fingerprint density at radius 2 is 1.94 bits per heavy atom. The van der Waals surface area contributed by atoms with Crippen LogP contribution in [0.5, 0.6) is 0 Å². The third-order valence-electron chi connectivity index (χ3n) is 5.94. The maximum Gasteiger partial charge on any atom is 0.231 e. The quantitative estimate of drug-likeness (QED) is 0.385. The van der Waals surface area contributed by atoms with Gasteiger partial charge in [-0.25, -0.2) is 0 Å². The highest BCUT2D eigenvalue weighted by Gasteiger charge is 2.30. The molecule has 2 heterocycles. The number of nitrogens with one attached hydrogen (secondary N) is 2. The highest BCUT2D eigenvalue weighted by molar-refractivity contribution is 7.99. The van der Waals surface area contributed by atoms with Gasteiger partial charge >= 0.3 is 0 Å². The van der Waals surface area contributed by atoms with E-state index in [2.05, 4.69) is 26.6 Å². The Balaban J connectivity index is 1.71. The molecule has 0 aliphatic rings. The number of para-hydroxylation sites is 2. The van der Waals surface area contributed by atoms with Crippen LogP contribution in [0.3, 0.4) is 0 Å². The van der Waals surface area contributed by atoms with Crippen LogP contribution >= 0.6 is 11.8 Å². The number of nitriles is 1. The van der Waals surface area contributed by atoms with Crippen LogP contribution in [0, 0.1) is 24.2 Å². The lowest BCUT2D eigenvalue weighted by molar-refractivity contribution is -0.120. The van der Waals surface area contributed by atoms with Crippen LogP contribution in [0.2, 0.25) is 0 Å². The Bertz CT molecular complexity index is 1350. The number of hydrogen-bond donors (Lipinski definition) is 2. The summed E-state index contributed by atoms with van der Waals surface area (Å²) in [6.07, 6.45) is 1.94. The summed E-state index contributed by atoms with van der Waals surface area (Å²) in [7, 11) is 0. The molecule has 1 atom stereocenters. The van der Waals surface area contributed by atoms with Crippen LogP contribution in [-0.2, 0) is 4.79 Å². The molecular formula is C25H26N6OS. The largest absolute Gasteiger partial charge is 0.360 e. The number of aromatic amines is 1. The molecule has 0 fully saturated rings. The zero-order chi connectivity index (χ0) is 23.6. The zero-order valence-corrected chi connectivity index (χ0v) is 19.9. The van der Waals surface area contributed by atoms with E-state index in [9.17, 15) is 10.1 Å². The number of H-pyrrole nitrogens is 1. The molecule has 0 aliphatic carbocycles. The van der Waals surface area contributed by atoms with Crippen molar-refractivity contribution in [3.05, 3.63) is 60.3 Å². The van der Waals surface area contributed by atoms with Crippen molar-refractivity contribution < 1.29 is 4.79 Å². The first kappa shape index (κ1) is 22.6. The Morgan fingerprint density at radius 3 is 2.67 bits per heavy atom. The number of fused-ring (bicyclic) bond motifs is 1. The van der Waals surface area contributed by atoms with Crippen LogP contribution < -0.4 is 5.32 Å². The molecule has 0 saturated heterocycles. The van der Waals surface area contributed by atoms with E-state index in [-0.39, 0.29) is 17.6 Å². The van der Waals surface area contributed by atoms with Gasteiger partial charge in [-0.3, -0.25) is 9.36 Å². The average Bonchev–Trinajstić information content (AvgIpc) is 3.41. The minimum absolute atomic E-state index is 0.0134. The molecule has 8 heteroatoms. The van der Waals surface area contributed by atoms with Gasteiger partial charge in [0.15, 0.2) is 11.0 Å². The smallest absolute Gasteiger partial charge is 0.231 e. The van der Waals surface area contributed by atoms with Crippen LogP contribution in [-0.4, -0.2) is 36.9 Å². The molecule has 0 spiro atoms. The molecule has 168 valence electrons. The Kier molecular flexibility index (Phi) is 6.25. The summed E-state index contributed by atoms with van der Waals surface area (Å²) in [6, 6.07) is 18.3. The zero-order valence-electron chi connectivity index (χ0n) is 19.1. The van der Waals surface area contributed by atoms with Gasteiger partial charge in [0.25, 0.3) is 0 Å². The number of benzene rings is 2. The topological polar surface area (TPSA) is 99.4 Å². The van der Waals surface area contributed by atoms with Gasteiger partial charge in [0.1, 0.15) is 5.54 Å². The Morgan fingerprint density at radius 1 is 1.21 bits per heavy atom. The summed E-state index contributed by atoms with van der Waals surface area (Å²) < 4.78 is 1.99. The number of aryl methyl sites for hydroxylation is 1. The SMILES string of the molecule is Cc1ccccc1-n1c(SCC(=O)NC(C)(C#N)C(C)C)nnc1-c1c[nH]c2ccccc12. The van der Waals surface area contributed by atoms with Gasteiger partial charge in [-0.2, -0.15) is 5.26 Å². The summed E-state index contributed by atoms with van der Waals surface area (Å²) in [6.45, 7) is 7.61. The number of aromatic nitrogens is 4. The third-order valence-corrected chi connectivity index (χ3v) is 6.87. The van der Waals surface area contributed by atoms with E-state index in [1.165, 1.54) is 11.8 Å². The molecule has 0 bridgehead atoms. The number of carbonyl (C=O) groups is 1. The molecule has 33 heavy (non-hydrogen) atoms. The monoisotopic (exact) mass is 458 g/mol. The van der Waals surface area contributed by atoms with Crippen molar-refractivity contribution in [2.45, 2.75) is 38.4 Å².